The van der Waals surface area contributed by atoms with Crippen LogP contribution in [0.4, 0.5) is 4.39 Å². The minimum atomic E-state index is -0.491. The number of phenolic OH excluding ortho intramolecular Hbond substituents is 1. The average Bonchev–Trinajstić information content (AvgIpc) is 2.22. The molecule has 1 aromatic carbocycles. The van der Waals surface area contributed by atoms with Crippen molar-refractivity contribution in [1.82, 2.24) is 0 Å². The van der Waals surface area contributed by atoms with Crippen LogP contribution in [0, 0.1) is 5.82 Å². The summed E-state index contributed by atoms with van der Waals surface area (Å²) in [6.45, 7) is 0.505. The normalized spacial score (nSPS) is 10.4. The SMILES string of the molecule is COc1c(F)cc(CCCN)c(O)c1Br. The predicted octanol–water partition coefficient (Wildman–Crippen LogP) is 2.19. The highest BCUT2D eigenvalue weighted by molar-refractivity contribution is 9.10. The Balaban J connectivity index is 3.10. The summed E-state index contributed by atoms with van der Waals surface area (Å²) in [5, 5.41) is 9.73. The highest BCUT2D eigenvalue weighted by Gasteiger charge is 2.16. The first-order valence-electron chi connectivity index (χ1n) is 4.55. The summed E-state index contributed by atoms with van der Waals surface area (Å²) in [4.78, 5) is 0. The van der Waals surface area contributed by atoms with Gasteiger partial charge in [0.1, 0.15) is 10.2 Å². The second kappa shape index (κ2) is 5.32. The average molecular weight is 278 g/mol. The maximum atomic E-state index is 13.4. The van der Waals surface area contributed by atoms with E-state index < -0.39 is 5.82 Å². The van der Waals surface area contributed by atoms with E-state index in [1.165, 1.54) is 13.2 Å². The first-order valence-corrected chi connectivity index (χ1v) is 5.35. The molecule has 0 atom stereocenters. The molecule has 0 spiro atoms. The van der Waals surface area contributed by atoms with E-state index in [4.69, 9.17) is 10.5 Å². The molecule has 3 N–H and O–H groups in total. The molecule has 84 valence electrons. The summed E-state index contributed by atoms with van der Waals surface area (Å²) in [5.41, 5.74) is 5.88. The third kappa shape index (κ3) is 2.60. The minimum absolute atomic E-state index is 0.0155. The topological polar surface area (TPSA) is 55.5 Å². The van der Waals surface area contributed by atoms with Gasteiger partial charge in [0.05, 0.1) is 7.11 Å². The first kappa shape index (κ1) is 12.3. The Labute approximate surface area is 96.2 Å². The van der Waals surface area contributed by atoms with Gasteiger partial charge in [-0.3, -0.25) is 0 Å². The fourth-order valence-corrected chi connectivity index (χ4v) is 1.92. The van der Waals surface area contributed by atoms with Gasteiger partial charge in [-0.2, -0.15) is 0 Å². The van der Waals surface area contributed by atoms with Gasteiger partial charge in [0.2, 0.25) is 0 Å². The number of hydrogen-bond acceptors (Lipinski definition) is 3. The molecule has 5 heteroatoms. The standard InChI is InChI=1S/C10H13BrFNO2/c1-15-10-7(12)5-6(3-2-4-13)9(14)8(10)11/h5,14H,2-4,13H2,1H3. The Morgan fingerprint density at radius 1 is 1.60 bits per heavy atom. The Bertz CT molecular complexity index is 358. The lowest BCUT2D eigenvalue weighted by Gasteiger charge is -2.10. The summed E-state index contributed by atoms with van der Waals surface area (Å²) < 4.78 is 18.5. The van der Waals surface area contributed by atoms with Gasteiger partial charge >= 0.3 is 0 Å². The predicted molar refractivity (Wildman–Crippen MR) is 59.7 cm³/mol. The van der Waals surface area contributed by atoms with Crippen LogP contribution in [0.25, 0.3) is 0 Å². The number of hydrogen-bond donors (Lipinski definition) is 2. The van der Waals surface area contributed by atoms with Crippen molar-refractivity contribution in [3.05, 3.63) is 21.9 Å². The number of aryl methyl sites for hydroxylation is 1. The van der Waals surface area contributed by atoms with E-state index in [1.54, 1.807) is 0 Å². The summed E-state index contributed by atoms with van der Waals surface area (Å²) in [5.74, 6) is -0.458. The summed E-state index contributed by atoms with van der Waals surface area (Å²) in [6.07, 6.45) is 1.24. The molecule has 0 aliphatic carbocycles. The minimum Gasteiger partial charge on any atom is -0.506 e. The van der Waals surface area contributed by atoms with Gasteiger partial charge in [0.15, 0.2) is 11.6 Å². The Morgan fingerprint density at radius 2 is 2.27 bits per heavy atom. The quantitative estimate of drug-likeness (QED) is 0.887. The molecule has 1 rings (SSSR count). The van der Waals surface area contributed by atoms with Crippen LogP contribution in [0.2, 0.25) is 0 Å². The molecule has 0 aliphatic heterocycles. The second-order valence-corrected chi connectivity index (χ2v) is 3.90. The van der Waals surface area contributed by atoms with Crippen molar-refractivity contribution in [3.8, 4) is 11.5 Å². The molecule has 0 aromatic heterocycles. The largest absolute Gasteiger partial charge is 0.506 e. The van der Waals surface area contributed by atoms with E-state index >= 15 is 0 Å². The zero-order valence-corrected chi connectivity index (χ0v) is 9.97. The van der Waals surface area contributed by atoms with E-state index in [9.17, 15) is 9.50 Å². The van der Waals surface area contributed by atoms with Gasteiger partial charge in [0.25, 0.3) is 0 Å². The molecule has 0 fully saturated rings. The van der Waals surface area contributed by atoms with E-state index in [-0.39, 0.29) is 16.0 Å². The van der Waals surface area contributed by atoms with Crippen LogP contribution in [-0.2, 0) is 6.42 Å². The first-order chi connectivity index (χ1) is 7.11. The Hall–Kier alpha value is -0.810. The fourth-order valence-electron chi connectivity index (χ4n) is 1.31. The molecule has 0 saturated heterocycles. The maximum Gasteiger partial charge on any atom is 0.172 e. The maximum absolute atomic E-state index is 13.4. The van der Waals surface area contributed by atoms with Crippen LogP contribution in [0.3, 0.4) is 0 Å². The molecular formula is C10H13BrFNO2. The van der Waals surface area contributed by atoms with Crippen molar-refractivity contribution in [3.63, 3.8) is 0 Å². The number of rotatable bonds is 4. The number of nitrogens with two attached hydrogens (primary N) is 1. The number of benzene rings is 1. The van der Waals surface area contributed by atoms with Crippen LogP contribution < -0.4 is 10.5 Å². The molecule has 0 heterocycles. The zero-order valence-electron chi connectivity index (χ0n) is 8.39. The lowest BCUT2D eigenvalue weighted by atomic mass is 10.1. The Kier molecular flexibility index (Phi) is 4.35. The zero-order chi connectivity index (χ0) is 11.4. The molecule has 1 aromatic rings. The van der Waals surface area contributed by atoms with E-state index in [2.05, 4.69) is 15.9 Å². The summed E-state index contributed by atoms with van der Waals surface area (Å²) in [7, 11) is 1.35. The van der Waals surface area contributed by atoms with Gasteiger partial charge in [-0.25, -0.2) is 4.39 Å². The van der Waals surface area contributed by atoms with Gasteiger partial charge in [-0.15, -0.1) is 0 Å². The third-order valence-corrected chi connectivity index (χ3v) is 2.82. The lowest BCUT2D eigenvalue weighted by Crippen LogP contribution is -2.01. The van der Waals surface area contributed by atoms with Gasteiger partial charge in [0, 0.05) is 0 Å². The summed E-state index contributed by atoms with van der Waals surface area (Å²) in [6, 6.07) is 1.27. The Morgan fingerprint density at radius 3 is 2.80 bits per heavy atom. The lowest BCUT2D eigenvalue weighted by molar-refractivity contribution is 0.375. The van der Waals surface area contributed by atoms with Crippen molar-refractivity contribution in [2.75, 3.05) is 13.7 Å². The van der Waals surface area contributed by atoms with Crippen LogP contribution in [0.1, 0.15) is 12.0 Å². The van der Waals surface area contributed by atoms with Crippen molar-refractivity contribution < 1.29 is 14.2 Å². The highest BCUT2D eigenvalue weighted by atomic mass is 79.9. The van der Waals surface area contributed by atoms with Crippen molar-refractivity contribution in [1.29, 1.82) is 0 Å². The molecule has 0 unspecified atom stereocenters. The number of methoxy groups -OCH3 is 1. The van der Waals surface area contributed by atoms with Crippen molar-refractivity contribution in [2.45, 2.75) is 12.8 Å². The smallest absolute Gasteiger partial charge is 0.172 e. The van der Waals surface area contributed by atoms with Crippen LogP contribution in [0.15, 0.2) is 10.5 Å². The third-order valence-electron chi connectivity index (χ3n) is 2.08. The molecule has 15 heavy (non-hydrogen) atoms. The number of ether oxygens (including phenoxy) is 1. The van der Waals surface area contributed by atoms with Gasteiger partial charge in [-0.1, -0.05) is 0 Å². The van der Waals surface area contributed by atoms with E-state index in [0.717, 1.165) is 0 Å². The monoisotopic (exact) mass is 277 g/mol. The summed E-state index contributed by atoms with van der Waals surface area (Å²) >= 11 is 3.09. The molecule has 0 bridgehead atoms. The van der Waals surface area contributed by atoms with Gasteiger partial charge in [-0.05, 0) is 46.9 Å². The molecule has 3 nitrogen and oxygen atoms in total. The fraction of sp³-hybridized carbons (Fsp3) is 0.400. The molecule has 0 radical (unpaired) electrons. The van der Waals surface area contributed by atoms with E-state index in [0.29, 0.717) is 24.9 Å². The molecule has 0 aliphatic rings. The second-order valence-electron chi connectivity index (χ2n) is 3.11. The number of aromatic hydroxyl groups is 1. The number of phenols is 1. The van der Waals surface area contributed by atoms with E-state index in [1.807, 2.05) is 0 Å². The van der Waals surface area contributed by atoms with Crippen molar-refractivity contribution >= 4 is 15.9 Å². The molecule has 0 amide bonds. The molecular weight excluding hydrogens is 265 g/mol. The van der Waals surface area contributed by atoms with Gasteiger partial charge < -0.3 is 15.6 Å². The number of halogens is 2. The van der Waals surface area contributed by atoms with Crippen molar-refractivity contribution in [2.24, 2.45) is 5.73 Å². The molecule has 0 saturated carbocycles. The van der Waals surface area contributed by atoms with Crippen LogP contribution in [-0.4, -0.2) is 18.8 Å². The van der Waals surface area contributed by atoms with Crippen LogP contribution >= 0.6 is 15.9 Å². The van der Waals surface area contributed by atoms with Crippen LogP contribution in [0.5, 0.6) is 11.5 Å². The highest BCUT2D eigenvalue weighted by Crippen LogP contribution is 2.38.